The van der Waals surface area contributed by atoms with Gasteiger partial charge in [-0.2, -0.15) is 0 Å². The maximum absolute atomic E-state index is 12.6. The number of morpholine rings is 1. The van der Waals surface area contributed by atoms with Crippen LogP contribution in [0.1, 0.15) is 27.5 Å². The van der Waals surface area contributed by atoms with Crippen molar-refractivity contribution in [3.8, 4) is 0 Å². The highest BCUT2D eigenvalue weighted by molar-refractivity contribution is 5.92. The second kappa shape index (κ2) is 6.66. The van der Waals surface area contributed by atoms with Crippen LogP contribution in [0.15, 0.2) is 23.1 Å². The molecule has 126 valence electrons. The number of hydrogen-bond acceptors (Lipinski definition) is 7. The van der Waals surface area contributed by atoms with Crippen molar-refractivity contribution in [1.29, 1.82) is 0 Å². The second-order valence-corrected chi connectivity index (χ2v) is 5.99. The van der Waals surface area contributed by atoms with Crippen LogP contribution < -0.4 is 0 Å². The number of ether oxygens (including phenoxy) is 1. The normalized spacial score (nSPS) is 18.4. The highest BCUT2D eigenvalue weighted by Gasteiger charge is 2.29. The summed E-state index contributed by atoms with van der Waals surface area (Å²) < 4.78 is 10.9. The highest BCUT2D eigenvalue weighted by atomic mass is 16.5. The Hall–Kier alpha value is -2.32. The fourth-order valence-electron chi connectivity index (χ4n) is 3.10. The van der Waals surface area contributed by atoms with E-state index in [1.54, 1.807) is 11.1 Å². The molecule has 4 rings (SSSR count). The molecule has 0 unspecified atom stereocenters. The molecule has 24 heavy (non-hydrogen) atoms. The van der Waals surface area contributed by atoms with Crippen molar-refractivity contribution >= 4 is 5.91 Å². The Balaban J connectivity index is 1.49. The maximum atomic E-state index is 12.6. The third kappa shape index (κ3) is 3.02. The molecule has 2 aliphatic rings. The van der Waals surface area contributed by atoms with E-state index >= 15 is 0 Å². The van der Waals surface area contributed by atoms with Gasteiger partial charge in [-0.05, 0) is 0 Å². The number of rotatable bonds is 3. The zero-order chi connectivity index (χ0) is 16.4. The first kappa shape index (κ1) is 15.2. The summed E-state index contributed by atoms with van der Waals surface area (Å²) in [5, 5.41) is 4.24. The van der Waals surface area contributed by atoms with Gasteiger partial charge in [-0.1, -0.05) is 5.16 Å². The lowest BCUT2D eigenvalue weighted by Gasteiger charge is -2.28. The van der Waals surface area contributed by atoms with Gasteiger partial charge in [0.2, 0.25) is 0 Å². The number of nitrogens with zero attached hydrogens (tertiary/aromatic N) is 5. The van der Waals surface area contributed by atoms with Gasteiger partial charge in [0.15, 0.2) is 0 Å². The van der Waals surface area contributed by atoms with E-state index in [-0.39, 0.29) is 5.91 Å². The number of carbonyl (C=O) groups excluding carboxylic acids is 1. The second-order valence-electron chi connectivity index (χ2n) is 5.99. The van der Waals surface area contributed by atoms with E-state index in [9.17, 15) is 4.79 Å². The largest absolute Gasteiger partial charge is 0.379 e. The van der Waals surface area contributed by atoms with Crippen LogP contribution in [-0.4, -0.2) is 63.7 Å². The molecular weight excluding hydrogens is 310 g/mol. The molecule has 2 aromatic rings. The number of hydrogen-bond donors (Lipinski definition) is 0. The standard InChI is InChI=1S/C16H19N5O3/c22-16(13-9-17-2-3-18-13)21-4-1-15-12(10-21)14(19-24-15)11-20-5-7-23-8-6-20/h2-3,9H,1,4-8,10-11H2. The molecule has 4 heterocycles. The number of fused-ring (bicyclic) bond motifs is 1. The Morgan fingerprint density at radius 2 is 2.08 bits per heavy atom. The smallest absolute Gasteiger partial charge is 0.274 e. The fraction of sp³-hybridized carbons (Fsp3) is 0.500. The van der Waals surface area contributed by atoms with E-state index in [2.05, 4.69) is 20.0 Å². The number of carbonyl (C=O) groups is 1. The first-order valence-corrected chi connectivity index (χ1v) is 8.13. The van der Waals surface area contributed by atoms with Crippen molar-refractivity contribution in [3.63, 3.8) is 0 Å². The third-order valence-electron chi connectivity index (χ3n) is 4.46. The van der Waals surface area contributed by atoms with E-state index < -0.39 is 0 Å². The summed E-state index contributed by atoms with van der Waals surface area (Å²) >= 11 is 0. The van der Waals surface area contributed by atoms with Gasteiger partial charge >= 0.3 is 0 Å². The third-order valence-corrected chi connectivity index (χ3v) is 4.46. The molecule has 1 amide bonds. The number of amides is 1. The maximum Gasteiger partial charge on any atom is 0.274 e. The minimum absolute atomic E-state index is 0.104. The minimum Gasteiger partial charge on any atom is -0.379 e. The summed E-state index contributed by atoms with van der Waals surface area (Å²) in [6, 6.07) is 0. The molecule has 8 heteroatoms. The van der Waals surface area contributed by atoms with Crippen molar-refractivity contribution in [1.82, 2.24) is 24.9 Å². The zero-order valence-corrected chi connectivity index (χ0v) is 13.3. The molecule has 0 N–H and O–H groups in total. The minimum atomic E-state index is -0.104. The molecule has 0 aliphatic carbocycles. The summed E-state index contributed by atoms with van der Waals surface area (Å²) in [4.78, 5) is 24.7. The van der Waals surface area contributed by atoms with E-state index in [0.29, 0.717) is 25.2 Å². The quantitative estimate of drug-likeness (QED) is 0.810. The van der Waals surface area contributed by atoms with E-state index in [0.717, 1.165) is 49.9 Å². The van der Waals surface area contributed by atoms with Gasteiger partial charge in [0, 0.05) is 50.6 Å². The van der Waals surface area contributed by atoms with Gasteiger partial charge < -0.3 is 14.2 Å². The van der Waals surface area contributed by atoms with Gasteiger partial charge in [0.05, 0.1) is 26.0 Å². The summed E-state index contributed by atoms with van der Waals surface area (Å²) in [6.45, 7) is 5.13. The Labute approximate surface area is 139 Å². The lowest BCUT2D eigenvalue weighted by Crippen LogP contribution is -2.38. The molecule has 2 aliphatic heterocycles. The molecule has 2 aromatic heterocycles. The summed E-state index contributed by atoms with van der Waals surface area (Å²) in [5.74, 6) is 0.786. The SMILES string of the molecule is O=C(c1cnccn1)N1CCc2onc(CN3CCOCC3)c2C1. The van der Waals surface area contributed by atoms with E-state index in [4.69, 9.17) is 9.26 Å². The average molecular weight is 329 g/mol. The lowest BCUT2D eigenvalue weighted by atomic mass is 10.1. The van der Waals surface area contributed by atoms with Crippen molar-refractivity contribution in [3.05, 3.63) is 41.3 Å². The summed E-state index contributed by atoms with van der Waals surface area (Å²) in [7, 11) is 0. The van der Waals surface area contributed by atoms with Gasteiger partial charge in [-0.25, -0.2) is 4.98 Å². The number of aromatic nitrogens is 3. The molecule has 0 spiro atoms. The summed E-state index contributed by atoms with van der Waals surface area (Å²) in [6.07, 6.45) is 5.27. The molecule has 0 radical (unpaired) electrons. The Morgan fingerprint density at radius 1 is 1.21 bits per heavy atom. The molecule has 8 nitrogen and oxygen atoms in total. The predicted octanol–water partition coefficient (Wildman–Crippen LogP) is 0.495. The zero-order valence-electron chi connectivity index (χ0n) is 13.3. The van der Waals surface area contributed by atoms with Gasteiger partial charge in [0.25, 0.3) is 5.91 Å². The van der Waals surface area contributed by atoms with Crippen LogP contribution in [0.3, 0.4) is 0 Å². The van der Waals surface area contributed by atoms with Crippen molar-refractivity contribution in [2.75, 3.05) is 32.8 Å². The topological polar surface area (TPSA) is 84.6 Å². The summed E-state index contributed by atoms with van der Waals surface area (Å²) in [5.41, 5.74) is 2.32. The van der Waals surface area contributed by atoms with Crippen molar-refractivity contribution in [2.24, 2.45) is 0 Å². The van der Waals surface area contributed by atoms with Crippen LogP contribution in [0.4, 0.5) is 0 Å². The van der Waals surface area contributed by atoms with Crippen LogP contribution in [-0.2, 0) is 24.2 Å². The van der Waals surface area contributed by atoms with Crippen molar-refractivity contribution < 1.29 is 14.1 Å². The molecule has 0 atom stereocenters. The first-order chi connectivity index (χ1) is 11.8. The molecule has 0 bridgehead atoms. The first-order valence-electron chi connectivity index (χ1n) is 8.13. The Bertz CT molecular complexity index is 712. The predicted molar refractivity (Wildman–Crippen MR) is 83.1 cm³/mol. The van der Waals surface area contributed by atoms with E-state index in [1.165, 1.54) is 12.4 Å². The van der Waals surface area contributed by atoms with Crippen molar-refractivity contribution in [2.45, 2.75) is 19.5 Å². The van der Waals surface area contributed by atoms with Gasteiger partial charge in [-0.15, -0.1) is 0 Å². The van der Waals surface area contributed by atoms with Gasteiger partial charge in [0.1, 0.15) is 17.1 Å². The lowest BCUT2D eigenvalue weighted by molar-refractivity contribution is 0.0331. The van der Waals surface area contributed by atoms with Crippen LogP contribution in [0.5, 0.6) is 0 Å². The molecule has 1 fully saturated rings. The van der Waals surface area contributed by atoms with Gasteiger partial charge in [-0.3, -0.25) is 14.7 Å². The average Bonchev–Trinajstić information content (AvgIpc) is 3.05. The Morgan fingerprint density at radius 3 is 2.88 bits per heavy atom. The fourth-order valence-corrected chi connectivity index (χ4v) is 3.10. The van der Waals surface area contributed by atoms with Crippen LogP contribution in [0.2, 0.25) is 0 Å². The highest BCUT2D eigenvalue weighted by Crippen LogP contribution is 2.24. The van der Waals surface area contributed by atoms with Crippen LogP contribution in [0, 0.1) is 0 Å². The Kier molecular flexibility index (Phi) is 4.22. The van der Waals surface area contributed by atoms with Crippen LogP contribution >= 0.6 is 0 Å². The van der Waals surface area contributed by atoms with Crippen LogP contribution in [0.25, 0.3) is 0 Å². The monoisotopic (exact) mass is 329 g/mol. The van der Waals surface area contributed by atoms with E-state index in [1.807, 2.05) is 0 Å². The molecule has 0 aromatic carbocycles. The molecule has 1 saturated heterocycles. The molecule has 0 saturated carbocycles. The molecular formula is C16H19N5O3.